The topological polar surface area (TPSA) is 58.6 Å². The number of carbonyl (C=O) groups excluding carboxylic acids is 1. The van der Waals surface area contributed by atoms with E-state index < -0.39 is 16.4 Å². The van der Waals surface area contributed by atoms with Gasteiger partial charge in [0.05, 0.1) is 0 Å². The first-order valence-corrected chi connectivity index (χ1v) is 9.41. The third-order valence-corrected chi connectivity index (χ3v) is 4.38. The van der Waals surface area contributed by atoms with Gasteiger partial charge < -0.3 is 15.0 Å². The van der Waals surface area contributed by atoms with Gasteiger partial charge in [-0.2, -0.15) is 0 Å². The Hall–Kier alpha value is -0.620. The van der Waals surface area contributed by atoms with E-state index in [4.69, 9.17) is 4.74 Å². The molecule has 0 radical (unpaired) electrons. The molecule has 1 aliphatic heterocycles. The van der Waals surface area contributed by atoms with Crippen molar-refractivity contribution in [2.75, 3.05) is 31.6 Å². The van der Waals surface area contributed by atoms with Crippen LogP contribution in [0.2, 0.25) is 0 Å². The lowest BCUT2D eigenvalue weighted by Gasteiger charge is -2.34. The van der Waals surface area contributed by atoms with Crippen molar-refractivity contribution in [1.82, 2.24) is 10.2 Å². The highest BCUT2D eigenvalue weighted by atomic mass is 32.2. The predicted octanol–water partition coefficient (Wildman–Crippen LogP) is 1.99. The third-order valence-electron chi connectivity index (χ3n) is 3.41. The van der Waals surface area contributed by atoms with Crippen molar-refractivity contribution in [3.8, 4) is 0 Å². The van der Waals surface area contributed by atoms with Crippen molar-refractivity contribution >= 4 is 16.9 Å². The molecule has 124 valence electrons. The molecule has 1 saturated heterocycles. The van der Waals surface area contributed by atoms with Crippen LogP contribution >= 0.6 is 0 Å². The van der Waals surface area contributed by atoms with Gasteiger partial charge in [-0.25, -0.2) is 4.79 Å². The Bertz CT molecular complexity index is 368. The molecule has 3 atom stereocenters. The molecule has 1 amide bonds. The molecule has 0 aliphatic carbocycles. The number of rotatable bonds is 5. The maximum absolute atomic E-state index is 12.1. The van der Waals surface area contributed by atoms with Crippen molar-refractivity contribution < 1.29 is 13.7 Å². The highest BCUT2D eigenvalue weighted by Crippen LogP contribution is 2.19. The number of hydrogen-bond donors (Lipinski definition) is 1. The standard InChI is InChI=1S/C15H30N2O3S/c1-12(11-21(5)19)16-9-13-7-6-8-17(10-13)14(18)20-15(2,3)4/h12-13,16H,6-11H2,1-5H3. The Morgan fingerprint density at radius 1 is 1.48 bits per heavy atom. The summed E-state index contributed by atoms with van der Waals surface area (Å²) in [6.07, 6.45) is 3.65. The molecular weight excluding hydrogens is 288 g/mol. The average Bonchev–Trinajstić information content (AvgIpc) is 2.34. The molecule has 0 aromatic carbocycles. The zero-order valence-electron chi connectivity index (χ0n) is 14.0. The summed E-state index contributed by atoms with van der Waals surface area (Å²) < 4.78 is 16.6. The van der Waals surface area contributed by atoms with Crippen LogP contribution in [-0.4, -0.2) is 58.5 Å². The van der Waals surface area contributed by atoms with Gasteiger partial charge >= 0.3 is 6.09 Å². The number of carbonyl (C=O) groups is 1. The van der Waals surface area contributed by atoms with Crippen LogP contribution in [0.15, 0.2) is 0 Å². The van der Waals surface area contributed by atoms with Crippen molar-refractivity contribution in [2.24, 2.45) is 5.92 Å². The lowest BCUT2D eigenvalue weighted by molar-refractivity contribution is 0.0166. The van der Waals surface area contributed by atoms with Crippen LogP contribution in [0.25, 0.3) is 0 Å². The molecule has 1 rings (SSSR count). The van der Waals surface area contributed by atoms with Crippen molar-refractivity contribution in [3.63, 3.8) is 0 Å². The average molecular weight is 318 g/mol. The molecule has 0 spiro atoms. The molecule has 0 saturated carbocycles. The Kier molecular flexibility index (Phi) is 7.13. The fourth-order valence-electron chi connectivity index (χ4n) is 2.50. The second kappa shape index (κ2) is 8.13. The molecule has 1 N–H and O–H groups in total. The van der Waals surface area contributed by atoms with E-state index in [2.05, 4.69) is 12.2 Å². The van der Waals surface area contributed by atoms with Gasteiger partial charge in [0.15, 0.2) is 0 Å². The van der Waals surface area contributed by atoms with Gasteiger partial charge in [0.2, 0.25) is 0 Å². The number of nitrogens with zero attached hydrogens (tertiary/aromatic N) is 1. The smallest absolute Gasteiger partial charge is 0.410 e. The minimum absolute atomic E-state index is 0.213. The molecule has 6 heteroatoms. The first kappa shape index (κ1) is 18.4. The summed E-state index contributed by atoms with van der Waals surface area (Å²) in [7, 11) is -0.775. The SMILES string of the molecule is CC(CS(C)=O)NCC1CCCN(C(=O)OC(C)(C)C)C1. The Balaban J connectivity index is 2.38. The first-order valence-electron chi connectivity index (χ1n) is 7.68. The van der Waals surface area contributed by atoms with Crippen LogP contribution < -0.4 is 5.32 Å². The summed E-state index contributed by atoms with van der Waals surface area (Å²) >= 11 is 0. The highest BCUT2D eigenvalue weighted by Gasteiger charge is 2.27. The van der Waals surface area contributed by atoms with Crippen LogP contribution in [0, 0.1) is 5.92 Å². The monoisotopic (exact) mass is 318 g/mol. The highest BCUT2D eigenvalue weighted by molar-refractivity contribution is 7.84. The lowest BCUT2D eigenvalue weighted by atomic mass is 9.98. The van der Waals surface area contributed by atoms with Gasteiger partial charge in [-0.3, -0.25) is 4.21 Å². The van der Waals surface area contributed by atoms with Gasteiger partial charge in [0.25, 0.3) is 0 Å². The number of likely N-dealkylation sites (tertiary alicyclic amines) is 1. The first-order chi connectivity index (χ1) is 9.67. The Morgan fingerprint density at radius 3 is 2.71 bits per heavy atom. The zero-order chi connectivity index (χ0) is 16.0. The molecule has 1 fully saturated rings. The summed E-state index contributed by atoms with van der Waals surface area (Å²) in [5.41, 5.74) is -0.442. The molecule has 0 aromatic rings. The van der Waals surface area contributed by atoms with Gasteiger partial charge in [0, 0.05) is 41.9 Å². The van der Waals surface area contributed by atoms with E-state index in [1.165, 1.54) is 0 Å². The maximum atomic E-state index is 12.1. The summed E-state index contributed by atoms with van der Waals surface area (Å²) in [4.78, 5) is 13.9. The maximum Gasteiger partial charge on any atom is 0.410 e. The minimum Gasteiger partial charge on any atom is -0.444 e. The van der Waals surface area contributed by atoms with E-state index in [9.17, 15) is 9.00 Å². The summed E-state index contributed by atoms with van der Waals surface area (Å²) in [5, 5.41) is 3.42. The quantitative estimate of drug-likeness (QED) is 0.842. The molecule has 0 bridgehead atoms. The summed E-state index contributed by atoms with van der Waals surface area (Å²) in [5.74, 6) is 1.11. The van der Waals surface area contributed by atoms with Crippen LogP contribution in [-0.2, 0) is 15.5 Å². The van der Waals surface area contributed by atoms with Gasteiger partial charge in [-0.1, -0.05) is 0 Å². The molecule has 5 nitrogen and oxygen atoms in total. The van der Waals surface area contributed by atoms with E-state index in [0.717, 1.165) is 32.5 Å². The van der Waals surface area contributed by atoms with E-state index in [1.54, 1.807) is 6.26 Å². The number of piperidine rings is 1. The molecular formula is C15H30N2O3S. The normalized spacial score (nSPS) is 22.7. The molecule has 1 heterocycles. The number of ether oxygens (including phenoxy) is 1. The lowest BCUT2D eigenvalue weighted by Crippen LogP contribution is -2.46. The zero-order valence-corrected chi connectivity index (χ0v) is 14.8. The van der Waals surface area contributed by atoms with Crippen LogP contribution in [0.4, 0.5) is 4.79 Å². The van der Waals surface area contributed by atoms with Crippen LogP contribution in [0.5, 0.6) is 0 Å². The summed E-state index contributed by atoms with van der Waals surface area (Å²) in [6, 6.07) is 0.243. The largest absolute Gasteiger partial charge is 0.444 e. The summed E-state index contributed by atoms with van der Waals surface area (Å²) in [6.45, 7) is 10.1. The molecule has 21 heavy (non-hydrogen) atoms. The van der Waals surface area contributed by atoms with Crippen LogP contribution in [0.3, 0.4) is 0 Å². The minimum atomic E-state index is -0.775. The van der Waals surface area contributed by atoms with E-state index in [1.807, 2.05) is 25.7 Å². The molecule has 1 aliphatic rings. The second-order valence-corrected chi connectivity index (χ2v) is 8.46. The number of hydrogen-bond acceptors (Lipinski definition) is 4. The molecule has 3 unspecified atom stereocenters. The van der Waals surface area contributed by atoms with Crippen molar-refractivity contribution in [2.45, 2.75) is 52.2 Å². The van der Waals surface area contributed by atoms with Gasteiger partial charge in [-0.15, -0.1) is 0 Å². The fraction of sp³-hybridized carbons (Fsp3) is 0.933. The Labute approximate surface area is 131 Å². The molecule has 0 aromatic heterocycles. The fourth-order valence-corrected chi connectivity index (χ4v) is 3.32. The van der Waals surface area contributed by atoms with E-state index in [-0.39, 0.29) is 12.1 Å². The van der Waals surface area contributed by atoms with Crippen LogP contribution in [0.1, 0.15) is 40.5 Å². The number of nitrogens with one attached hydrogen (secondary N) is 1. The van der Waals surface area contributed by atoms with E-state index in [0.29, 0.717) is 11.7 Å². The predicted molar refractivity (Wildman–Crippen MR) is 86.9 cm³/mol. The Morgan fingerprint density at radius 2 is 2.14 bits per heavy atom. The third kappa shape index (κ3) is 7.81. The van der Waals surface area contributed by atoms with Crippen molar-refractivity contribution in [3.05, 3.63) is 0 Å². The second-order valence-electron chi connectivity index (χ2n) is 6.98. The van der Waals surface area contributed by atoms with Gasteiger partial charge in [0.1, 0.15) is 5.60 Å². The van der Waals surface area contributed by atoms with Crippen molar-refractivity contribution in [1.29, 1.82) is 0 Å². The van der Waals surface area contributed by atoms with Gasteiger partial charge in [-0.05, 0) is 53.0 Å². The number of amides is 1. The van der Waals surface area contributed by atoms with E-state index >= 15 is 0 Å².